The second kappa shape index (κ2) is 6.83. The molecule has 2 N–H and O–H groups in total. The Bertz CT molecular complexity index is 332. The molecule has 0 aromatic rings. The van der Waals surface area contributed by atoms with Crippen molar-refractivity contribution in [3.05, 3.63) is 0 Å². The van der Waals surface area contributed by atoms with Crippen molar-refractivity contribution in [3.63, 3.8) is 0 Å². The van der Waals surface area contributed by atoms with Gasteiger partial charge in [0.05, 0.1) is 27.2 Å². The minimum absolute atomic E-state index is 0.0554. The van der Waals surface area contributed by atoms with Gasteiger partial charge in [-0.05, 0) is 13.8 Å². The Balaban J connectivity index is 2.45. The number of rotatable bonds is 6. The number of hydrogen-bond acceptors (Lipinski definition) is 7. The number of methoxy groups -OCH3 is 2. The summed E-state index contributed by atoms with van der Waals surface area (Å²) in [6.45, 7) is 4.91. The molecule has 0 saturated carbocycles. The Morgan fingerprint density at radius 2 is 2.11 bits per heavy atom. The van der Waals surface area contributed by atoms with Crippen LogP contribution in [0.4, 0.5) is 0 Å². The van der Waals surface area contributed by atoms with E-state index in [0.29, 0.717) is 13.2 Å². The van der Waals surface area contributed by atoms with Gasteiger partial charge in [-0.1, -0.05) is 0 Å². The summed E-state index contributed by atoms with van der Waals surface area (Å²) >= 11 is 0. The highest BCUT2D eigenvalue weighted by atomic mass is 16.5. The van der Waals surface area contributed by atoms with E-state index in [0.717, 1.165) is 0 Å². The molecule has 0 bridgehead atoms. The molecular weight excluding hydrogens is 252 g/mol. The first kappa shape index (κ1) is 15.9. The lowest BCUT2D eigenvalue weighted by Crippen LogP contribution is -2.48. The summed E-state index contributed by atoms with van der Waals surface area (Å²) in [5, 5.41) is 6.25. The third-order valence-electron chi connectivity index (χ3n) is 2.89. The molecule has 19 heavy (non-hydrogen) atoms. The summed E-state index contributed by atoms with van der Waals surface area (Å²) < 4.78 is 14.7. The summed E-state index contributed by atoms with van der Waals surface area (Å²) in [5.74, 6) is -0.942. The van der Waals surface area contributed by atoms with Crippen LogP contribution in [-0.2, 0) is 23.8 Å². The molecule has 1 fully saturated rings. The second-order valence-electron chi connectivity index (χ2n) is 4.93. The minimum Gasteiger partial charge on any atom is -0.469 e. The van der Waals surface area contributed by atoms with Crippen molar-refractivity contribution in [1.29, 1.82) is 0 Å². The van der Waals surface area contributed by atoms with E-state index >= 15 is 0 Å². The van der Waals surface area contributed by atoms with Crippen molar-refractivity contribution in [3.8, 4) is 0 Å². The zero-order chi connectivity index (χ0) is 14.5. The highest BCUT2D eigenvalue weighted by Gasteiger charge is 2.32. The average molecular weight is 274 g/mol. The number of nitrogens with one attached hydrogen (secondary N) is 2. The largest absolute Gasteiger partial charge is 0.469 e. The van der Waals surface area contributed by atoms with Gasteiger partial charge < -0.3 is 19.5 Å². The Hall–Kier alpha value is -1.18. The van der Waals surface area contributed by atoms with Crippen LogP contribution in [0.5, 0.6) is 0 Å². The predicted octanol–water partition coefficient (Wildman–Crippen LogP) is -0.595. The van der Waals surface area contributed by atoms with Crippen LogP contribution in [0.1, 0.15) is 20.3 Å². The van der Waals surface area contributed by atoms with Gasteiger partial charge in [0.2, 0.25) is 0 Å². The average Bonchev–Trinajstić information content (AvgIpc) is 2.72. The molecule has 1 aliphatic heterocycles. The van der Waals surface area contributed by atoms with Crippen LogP contribution in [0.2, 0.25) is 0 Å². The highest BCUT2D eigenvalue weighted by molar-refractivity contribution is 5.82. The molecule has 1 rings (SSSR count). The molecule has 0 aromatic carbocycles. The van der Waals surface area contributed by atoms with Gasteiger partial charge in [0.25, 0.3) is 0 Å². The van der Waals surface area contributed by atoms with Gasteiger partial charge in [0.15, 0.2) is 0 Å². The maximum Gasteiger partial charge on any atom is 0.323 e. The van der Waals surface area contributed by atoms with Gasteiger partial charge >= 0.3 is 11.9 Å². The van der Waals surface area contributed by atoms with Gasteiger partial charge in [-0.15, -0.1) is 0 Å². The van der Waals surface area contributed by atoms with E-state index in [1.54, 1.807) is 0 Å². The Kier molecular flexibility index (Phi) is 5.71. The Morgan fingerprint density at radius 1 is 1.42 bits per heavy atom. The molecule has 110 valence electrons. The number of hydrogen-bond donors (Lipinski definition) is 2. The maximum absolute atomic E-state index is 11.6. The first-order valence-electron chi connectivity index (χ1n) is 6.17. The topological polar surface area (TPSA) is 85.9 Å². The van der Waals surface area contributed by atoms with Crippen LogP contribution in [0.3, 0.4) is 0 Å². The first-order chi connectivity index (χ1) is 8.88. The van der Waals surface area contributed by atoms with Crippen LogP contribution in [0, 0.1) is 0 Å². The van der Waals surface area contributed by atoms with E-state index in [1.807, 2.05) is 13.8 Å². The number of ether oxygens (including phenoxy) is 3. The molecule has 2 atom stereocenters. The lowest BCUT2D eigenvalue weighted by atomic mass is 10.2. The van der Waals surface area contributed by atoms with Crippen LogP contribution >= 0.6 is 0 Å². The minimum atomic E-state index is -0.706. The number of carbonyl (C=O) groups is 2. The highest BCUT2D eigenvalue weighted by Crippen LogP contribution is 2.13. The van der Waals surface area contributed by atoms with Crippen molar-refractivity contribution in [2.45, 2.75) is 38.1 Å². The van der Waals surface area contributed by atoms with Gasteiger partial charge in [0.1, 0.15) is 11.8 Å². The first-order valence-corrected chi connectivity index (χ1v) is 6.17. The fraction of sp³-hybridized carbons (Fsp3) is 0.833. The number of esters is 2. The Morgan fingerprint density at radius 3 is 2.58 bits per heavy atom. The van der Waals surface area contributed by atoms with Gasteiger partial charge in [0, 0.05) is 12.6 Å². The fourth-order valence-corrected chi connectivity index (χ4v) is 1.91. The molecule has 0 unspecified atom stereocenters. The standard InChI is InChI=1S/C12H22N2O5/c1-12(2)14-8(7-19-12)6-13-9(11(16)18-4)5-10(15)17-3/h8-9,13-14H,5-7H2,1-4H3/t8-,9+/m1/s1. The summed E-state index contributed by atoms with van der Waals surface area (Å²) in [7, 11) is 2.57. The third-order valence-corrected chi connectivity index (χ3v) is 2.89. The molecule has 0 aliphatic carbocycles. The van der Waals surface area contributed by atoms with Gasteiger partial charge in [-0.25, -0.2) is 0 Å². The van der Waals surface area contributed by atoms with E-state index in [2.05, 4.69) is 20.1 Å². The molecule has 0 amide bonds. The smallest absolute Gasteiger partial charge is 0.323 e. The van der Waals surface area contributed by atoms with Crippen LogP contribution in [-0.4, -0.2) is 57.1 Å². The normalized spacial score (nSPS) is 22.8. The van der Waals surface area contributed by atoms with Crippen molar-refractivity contribution in [1.82, 2.24) is 10.6 Å². The van der Waals surface area contributed by atoms with Crippen LogP contribution in [0.15, 0.2) is 0 Å². The molecule has 0 aromatic heterocycles. The number of carbonyl (C=O) groups excluding carboxylic acids is 2. The van der Waals surface area contributed by atoms with E-state index in [-0.39, 0.29) is 18.2 Å². The zero-order valence-electron chi connectivity index (χ0n) is 11.8. The molecule has 1 aliphatic rings. The monoisotopic (exact) mass is 274 g/mol. The predicted molar refractivity (Wildman–Crippen MR) is 67.4 cm³/mol. The maximum atomic E-state index is 11.6. The molecule has 7 heteroatoms. The van der Waals surface area contributed by atoms with Crippen molar-refractivity contribution >= 4 is 11.9 Å². The fourth-order valence-electron chi connectivity index (χ4n) is 1.91. The van der Waals surface area contributed by atoms with E-state index in [4.69, 9.17) is 4.74 Å². The molecular formula is C12H22N2O5. The van der Waals surface area contributed by atoms with Crippen molar-refractivity contribution in [2.75, 3.05) is 27.4 Å². The lowest BCUT2D eigenvalue weighted by molar-refractivity contribution is -0.149. The quantitative estimate of drug-likeness (QED) is 0.626. The third kappa shape index (κ3) is 5.14. The van der Waals surface area contributed by atoms with Crippen LogP contribution in [0.25, 0.3) is 0 Å². The van der Waals surface area contributed by atoms with Crippen molar-refractivity contribution in [2.24, 2.45) is 0 Å². The molecule has 1 heterocycles. The van der Waals surface area contributed by atoms with E-state index in [9.17, 15) is 9.59 Å². The Labute approximate surface area is 113 Å². The molecule has 0 radical (unpaired) electrons. The van der Waals surface area contributed by atoms with Gasteiger partial charge in [-0.3, -0.25) is 14.9 Å². The summed E-state index contributed by atoms with van der Waals surface area (Å²) in [5.41, 5.74) is -0.366. The summed E-state index contributed by atoms with van der Waals surface area (Å²) in [4.78, 5) is 22.8. The van der Waals surface area contributed by atoms with E-state index < -0.39 is 18.0 Å². The lowest BCUT2D eigenvalue weighted by Gasteiger charge is -2.20. The second-order valence-corrected chi connectivity index (χ2v) is 4.93. The summed E-state index contributed by atoms with van der Waals surface area (Å²) in [6.07, 6.45) is -0.0554. The van der Waals surface area contributed by atoms with Gasteiger partial charge in [-0.2, -0.15) is 0 Å². The van der Waals surface area contributed by atoms with Crippen LogP contribution < -0.4 is 10.6 Å². The molecule has 7 nitrogen and oxygen atoms in total. The van der Waals surface area contributed by atoms with Crippen molar-refractivity contribution < 1.29 is 23.8 Å². The molecule has 0 spiro atoms. The SMILES string of the molecule is COC(=O)C[C@H](NC[C@@H]1COC(C)(C)N1)C(=O)OC. The molecule has 1 saturated heterocycles. The summed E-state index contributed by atoms with van der Waals surface area (Å²) in [6, 6.07) is -0.622. The van der Waals surface area contributed by atoms with E-state index in [1.165, 1.54) is 14.2 Å². The zero-order valence-corrected chi connectivity index (χ0v) is 11.8.